The van der Waals surface area contributed by atoms with Gasteiger partial charge < -0.3 is 24.8 Å². The normalized spacial score (nSPS) is 25.9. The summed E-state index contributed by atoms with van der Waals surface area (Å²) in [6, 6.07) is 8.02. The summed E-state index contributed by atoms with van der Waals surface area (Å²) in [6.07, 6.45) is 9.38. The molecule has 2 bridgehead atoms. The van der Waals surface area contributed by atoms with Crippen molar-refractivity contribution in [1.29, 1.82) is 0 Å². The number of H-pyrrole nitrogens is 1. The molecule has 0 radical (unpaired) electrons. The zero-order valence-electron chi connectivity index (χ0n) is 20.3. The zero-order valence-corrected chi connectivity index (χ0v) is 20.3. The van der Waals surface area contributed by atoms with Gasteiger partial charge in [0, 0.05) is 42.5 Å². The maximum absolute atomic E-state index is 13.6. The minimum atomic E-state index is 0.207. The Morgan fingerprint density at radius 2 is 1.97 bits per heavy atom. The maximum Gasteiger partial charge on any atom is 0.320 e. The summed E-state index contributed by atoms with van der Waals surface area (Å²) in [5.74, 6) is 0. The molecule has 3 saturated heterocycles. The molecule has 0 saturated carbocycles. The first-order valence-corrected chi connectivity index (χ1v) is 13.1. The van der Waals surface area contributed by atoms with E-state index in [1.54, 1.807) is 0 Å². The van der Waals surface area contributed by atoms with Gasteiger partial charge in [-0.15, -0.1) is 0 Å². The van der Waals surface area contributed by atoms with E-state index in [0.29, 0.717) is 25.8 Å². The molecule has 35 heavy (non-hydrogen) atoms. The highest BCUT2D eigenvalue weighted by Crippen LogP contribution is 2.37. The monoisotopic (exact) mass is 471 g/mol. The van der Waals surface area contributed by atoms with Crippen molar-refractivity contribution in [2.24, 2.45) is 0 Å². The van der Waals surface area contributed by atoms with Crippen molar-refractivity contribution in [3.8, 4) is 11.1 Å². The average Bonchev–Trinajstić information content (AvgIpc) is 3.61. The molecule has 2 N–H and O–H groups in total. The number of aromatic amines is 1. The fourth-order valence-corrected chi connectivity index (χ4v) is 6.69. The lowest BCUT2D eigenvalue weighted by Crippen LogP contribution is -2.55. The molecule has 4 aliphatic heterocycles. The molecule has 6 heterocycles. The van der Waals surface area contributed by atoms with Gasteiger partial charge in [0.1, 0.15) is 5.65 Å². The van der Waals surface area contributed by atoms with E-state index in [2.05, 4.69) is 50.2 Å². The first-order chi connectivity index (χ1) is 17.2. The number of nitrogens with one attached hydrogen (secondary N) is 2. The summed E-state index contributed by atoms with van der Waals surface area (Å²) in [7, 11) is 0. The molecule has 4 aliphatic rings. The van der Waals surface area contributed by atoms with Crippen molar-refractivity contribution in [3.63, 3.8) is 0 Å². The number of urea groups is 1. The third-order valence-electron chi connectivity index (χ3n) is 8.62. The molecule has 7 nitrogen and oxygen atoms in total. The minimum Gasteiger partial charge on any atom is -0.377 e. The second-order valence-corrected chi connectivity index (χ2v) is 10.7. The molecule has 2 amide bonds. The van der Waals surface area contributed by atoms with Gasteiger partial charge in [-0.2, -0.15) is 0 Å². The van der Waals surface area contributed by atoms with Gasteiger partial charge in [0.2, 0.25) is 0 Å². The summed E-state index contributed by atoms with van der Waals surface area (Å²) in [5.41, 5.74) is 8.64. The van der Waals surface area contributed by atoms with Gasteiger partial charge in [0.15, 0.2) is 0 Å². The second-order valence-electron chi connectivity index (χ2n) is 10.7. The number of morpholine rings is 1. The third kappa shape index (κ3) is 3.55. The highest BCUT2D eigenvalue weighted by atomic mass is 16.5. The highest BCUT2D eigenvalue weighted by molar-refractivity contribution is 5.85. The lowest BCUT2D eigenvalue weighted by atomic mass is 9.87. The van der Waals surface area contributed by atoms with Crippen LogP contribution in [0.2, 0.25) is 0 Å². The number of aryl methyl sites for hydroxylation is 1. The maximum atomic E-state index is 13.6. The molecule has 0 spiro atoms. The Morgan fingerprint density at radius 3 is 2.77 bits per heavy atom. The van der Waals surface area contributed by atoms with Crippen LogP contribution in [-0.4, -0.2) is 64.2 Å². The lowest BCUT2D eigenvalue weighted by molar-refractivity contribution is -0.00293. The molecular weight excluding hydrogens is 438 g/mol. The van der Waals surface area contributed by atoms with Crippen molar-refractivity contribution in [2.45, 2.75) is 63.7 Å². The van der Waals surface area contributed by atoms with Gasteiger partial charge in [-0.1, -0.05) is 6.07 Å². The first-order valence-electron chi connectivity index (χ1n) is 13.1. The van der Waals surface area contributed by atoms with Gasteiger partial charge in [0.25, 0.3) is 0 Å². The fraction of sp³-hybridized carbons (Fsp3) is 0.500. The molecule has 2 aromatic heterocycles. The van der Waals surface area contributed by atoms with Crippen LogP contribution >= 0.6 is 0 Å². The topological polar surface area (TPSA) is 73.5 Å². The minimum absolute atomic E-state index is 0.207. The Labute approximate surface area is 205 Å². The number of aromatic nitrogens is 2. The van der Waals surface area contributed by atoms with Gasteiger partial charge in [-0.05, 0) is 85.5 Å². The summed E-state index contributed by atoms with van der Waals surface area (Å²) in [4.78, 5) is 25.8. The molecule has 2 unspecified atom stereocenters. The van der Waals surface area contributed by atoms with Crippen LogP contribution in [0.5, 0.6) is 0 Å². The van der Waals surface area contributed by atoms with E-state index in [9.17, 15) is 4.79 Å². The van der Waals surface area contributed by atoms with E-state index >= 15 is 0 Å². The molecule has 7 heteroatoms. The molecular formula is C28H33N5O2. The van der Waals surface area contributed by atoms with Gasteiger partial charge >= 0.3 is 6.03 Å². The lowest BCUT2D eigenvalue weighted by Gasteiger charge is -2.40. The number of benzene rings is 1. The zero-order chi connectivity index (χ0) is 23.5. The Morgan fingerprint density at radius 1 is 1.11 bits per heavy atom. The summed E-state index contributed by atoms with van der Waals surface area (Å²) < 4.78 is 5.72. The molecule has 3 fully saturated rings. The van der Waals surface area contributed by atoms with Crippen LogP contribution < -0.4 is 5.32 Å². The van der Waals surface area contributed by atoms with Gasteiger partial charge in [-0.25, -0.2) is 9.78 Å². The number of amides is 2. The molecule has 3 atom stereocenters. The molecule has 3 aromatic rings. The van der Waals surface area contributed by atoms with Crippen molar-refractivity contribution in [3.05, 3.63) is 52.8 Å². The summed E-state index contributed by atoms with van der Waals surface area (Å²) in [6.45, 7) is 6.03. The Bertz CT molecular complexity index is 1280. The van der Waals surface area contributed by atoms with E-state index < -0.39 is 0 Å². The quantitative estimate of drug-likeness (QED) is 0.584. The molecule has 7 rings (SSSR count). The number of carbonyl (C=O) groups is 1. The largest absolute Gasteiger partial charge is 0.377 e. The Kier molecular flexibility index (Phi) is 5.10. The van der Waals surface area contributed by atoms with Crippen LogP contribution in [0.3, 0.4) is 0 Å². The molecule has 182 valence electrons. The fourth-order valence-electron chi connectivity index (χ4n) is 6.69. The standard InChI is InChI=1S/C28H33N5O2/c1-17-12-30-27-23(17)11-20(13-31-27)19-9-18-6-8-32(14-25(18)24(10-19)26-3-2-7-29-26)28(34)33-21-4-5-22(33)16-35-15-21/h9-13,21-22,26,29H,2-8,14-16H2,1H3,(H,30,31)/t21?,22?,26-/m0/s1. The van der Waals surface area contributed by atoms with E-state index in [0.717, 1.165) is 50.0 Å². The van der Waals surface area contributed by atoms with Crippen LogP contribution in [0.4, 0.5) is 4.79 Å². The summed E-state index contributed by atoms with van der Waals surface area (Å²) >= 11 is 0. The van der Waals surface area contributed by atoms with Crippen LogP contribution in [0.15, 0.2) is 30.6 Å². The van der Waals surface area contributed by atoms with Crippen LogP contribution in [0, 0.1) is 6.92 Å². The van der Waals surface area contributed by atoms with E-state index in [4.69, 9.17) is 4.74 Å². The third-order valence-corrected chi connectivity index (χ3v) is 8.62. The number of nitrogens with zero attached hydrogens (tertiary/aromatic N) is 3. The number of fused-ring (bicyclic) bond motifs is 4. The Hall–Kier alpha value is -2.90. The van der Waals surface area contributed by atoms with Crippen molar-refractivity contribution in [1.82, 2.24) is 25.1 Å². The predicted molar refractivity (Wildman–Crippen MR) is 135 cm³/mol. The summed E-state index contributed by atoms with van der Waals surface area (Å²) in [5, 5.41) is 4.90. The smallest absolute Gasteiger partial charge is 0.320 e. The van der Waals surface area contributed by atoms with Crippen molar-refractivity contribution < 1.29 is 9.53 Å². The number of pyridine rings is 1. The first kappa shape index (κ1) is 21.4. The second kappa shape index (κ2) is 8.35. The number of hydrogen-bond donors (Lipinski definition) is 2. The molecule has 0 aliphatic carbocycles. The highest BCUT2D eigenvalue weighted by Gasteiger charge is 2.42. The van der Waals surface area contributed by atoms with Crippen LogP contribution in [-0.2, 0) is 17.7 Å². The number of hydrogen-bond acceptors (Lipinski definition) is 4. The van der Waals surface area contributed by atoms with Crippen LogP contribution in [0.25, 0.3) is 22.2 Å². The average molecular weight is 472 g/mol. The van der Waals surface area contributed by atoms with E-state index in [-0.39, 0.29) is 18.1 Å². The van der Waals surface area contributed by atoms with Gasteiger partial charge in [0.05, 0.1) is 25.3 Å². The van der Waals surface area contributed by atoms with Crippen molar-refractivity contribution >= 4 is 17.1 Å². The SMILES string of the molecule is Cc1c[nH]c2ncc(-c3cc4c(c([C@@H]5CCCN5)c3)CN(C(=O)N3C5CCC3COC5)CC4)cc12. The van der Waals surface area contributed by atoms with E-state index in [1.165, 1.54) is 39.6 Å². The number of ether oxygens (including phenoxy) is 1. The predicted octanol–water partition coefficient (Wildman–Crippen LogP) is 4.30. The van der Waals surface area contributed by atoms with Crippen LogP contribution in [0.1, 0.15) is 54.0 Å². The Balaban J connectivity index is 1.25. The van der Waals surface area contributed by atoms with Gasteiger partial charge in [-0.3, -0.25) is 0 Å². The molecule has 1 aromatic carbocycles. The number of rotatable bonds is 2. The van der Waals surface area contributed by atoms with Crippen molar-refractivity contribution in [2.75, 3.05) is 26.3 Å². The van der Waals surface area contributed by atoms with E-state index in [1.807, 2.05) is 12.4 Å². The number of carbonyl (C=O) groups excluding carboxylic acids is 1.